The number of rotatable bonds is 3. The van der Waals surface area contributed by atoms with Gasteiger partial charge in [0.1, 0.15) is 34.4 Å². The van der Waals surface area contributed by atoms with Gasteiger partial charge in [-0.2, -0.15) is 4.98 Å². The minimum Gasteiger partial charge on any atom is -0.508 e. The van der Waals surface area contributed by atoms with Crippen LogP contribution < -0.4 is 5.69 Å². The maximum Gasteiger partial charge on any atom is 0.348 e. The van der Waals surface area contributed by atoms with Gasteiger partial charge < -0.3 is 25.5 Å². The molecular formula is C16H11N3O7. The molecule has 0 fully saturated rings. The molecule has 0 aliphatic rings. The number of aromatic carboxylic acids is 1. The van der Waals surface area contributed by atoms with Gasteiger partial charge in [-0.3, -0.25) is 4.98 Å². The van der Waals surface area contributed by atoms with Gasteiger partial charge in [0, 0.05) is 11.6 Å². The molecule has 0 atom stereocenters. The Morgan fingerprint density at radius 2 is 1.50 bits per heavy atom. The van der Waals surface area contributed by atoms with Crippen LogP contribution >= 0.6 is 0 Å². The Bertz CT molecular complexity index is 1070. The van der Waals surface area contributed by atoms with E-state index in [0.29, 0.717) is 0 Å². The molecule has 0 saturated carbocycles. The van der Waals surface area contributed by atoms with Crippen LogP contribution in [-0.4, -0.2) is 46.5 Å². The molecule has 6 N–H and O–H groups in total. The lowest BCUT2D eigenvalue weighted by molar-refractivity contribution is 0.0693. The summed E-state index contributed by atoms with van der Waals surface area (Å²) in [5.41, 5.74) is -1.62. The van der Waals surface area contributed by atoms with E-state index in [4.69, 9.17) is 5.11 Å². The van der Waals surface area contributed by atoms with Crippen molar-refractivity contribution in [1.29, 1.82) is 0 Å². The average Bonchev–Trinajstić information content (AvgIpc) is 2.55. The zero-order valence-electron chi connectivity index (χ0n) is 12.8. The number of nitrogens with zero attached hydrogens (tertiary/aromatic N) is 2. The molecule has 2 aromatic carbocycles. The molecule has 0 bridgehead atoms. The standard InChI is InChI=1S/C16H11N3O7/c20-7-1-6(2-8(21)3-7)13-17-14(19-16(26)18-13)10-4-9(22)5-11(12(10)23)15(24)25/h1-5,20-23H,(H,24,25)(H,17,18,19,26). The number of phenols is 4. The molecular weight excluding hydrogens is 346 g/mol. The van der Waals surface area contributed by atoms with Crippen LogP contribution in [0, 0.1) is 0 Å². The molecule has 0 aliphatic carbocycles. The molecule has 0 spiro atoms. The number of nitrogens with one attached hydrogen (secondary N) is 1. The zero-order valence-corrected chi connectivity index (χ0v) is 12.8. The third-order valence-electron chi connectivity index (χ3n) is 3.39. The predicted molar refractivity (Wildman–Crippen MR) is 87.1 cm³/mol. The zero-order chi connectivity index (χ0) is 19.0. The molecule has 26 heavy (non-hydrogen) atoms. The molecule has 0 unspecified atom stereocenters. The van der Waals surface area contributed by atoms with Gasteiger partial charge in [0.05, 0.1) is 5.56 Å². The van der Waals surface area contributed by atoms with E-state index >= 15 is 0 Å². The third kappa shape index (κ3) is 3.11. The number of carbonyl (C=O) groups is 1. The summed E-state index contributed by atoms with van der Waals surface area (Å²) in [5, 5.41) is 48.0. The molecule has 1 aromatic heterocycles. The summed E-state index contributed by atoms with van der Waals surface area (Å²) in [7, 11) is 0. The van der Waals surface area contributed by atoms with E-state index in [2.05, 4.69) is 15.0 Å². The Morgan fingerprint density at radius 1 is 0.885 bits per heavy atom. The fourth-order valence-corrected chi connectivity index (χ4v) is 2.33. The van der Waals surface area contributed by atoms with E-state index in [1.807, 2.05) is 0 Å². The Balaban J connectivity index is 2.24. The van der Waals surface area contributed by atoms with E-state index in [-0.39, 0.29) is 34.3 Å². The van der Waals surface area contributed by atoms with Crippen LogP contribution in [0.25, 0.3) is 22.8 Å². The van der Waals surface area contributed by atoms with Crippen LogP contribution in [-0.2, 0) is 0 Å². The van der Waals surface area contributed by atoms with Crippen molar-refractivity contribution in [3.05, 3.63) is 46.4 Å². The maximum atomic E-state index is 11.9. The summed E-state index contributed by atoms with van der Waals surface area (Å²) >= 11 is 0. The van der Waals surface area contributed by atoms with Crippen LogP contribution in [0.1, 0.15) is 10.4 Å². The number of aromatic amines is 1. The predicted octanol–water partition coefficient (Wildman–Crippen LogP) is 1.02. The molecule has 0 aliphatic heterocycles. The second-order valence-corrected chi connectivity index (χ2v) is 5.26. The highest BCUT2D eigenvalue weighted by Crippen LogP contribution is 2.34. The molecule has 1 heterocycles. The van der Waals surface area contributed by atoms with E-state index in [1.54, 1.807) is 0 Å². The van der Waals surface area contributed by atoms with Crippen molar-refractivity contribution in [1.82, 2.24) is 15.0 Å². The van der Waals surface area contributed by atoms with Crippen LogP contribution in [0.4, 0.5) is 0 Å². The summed E-state index contributed by atoms with van der Waals surface area (Å²) in [6.07, 6.45) is 0. The molecule has 3 rings (SSSR count). The average molecular weight is 357 g/mol. The lowest BCUT2D eigenvalue weighted by atomic mass is 10.1. The van der Waals surface area contributed by atoms with Gasteiger partial charge in [-0.25, -0.2) is 14.6 Å². The van der Waals surface area contributed by atoms with Crippen molar-refractivity contribution in [3.8, 4) is 45.8 Å². The number of benzene rings is 2. The quantitative estimate of drug-likeness (QED) is 0.373. The molecule has 10 heteroatoms. The second-order valence-electron chi connectivity index (χ2n) is 5.26. The Morgan fingerprint density at radius 3 is 2.12 bits per heavy atom. The van der Waals surface area contributed by atoms with Gasteiger partial charge >= 0.3 is 11.7 Å². The van der Waals surface area contributed by atoms with Gasteiger partial charge in [0.2, 0.25) is 0 Å². The van der Waals surface area contributed by atoms with Gasteiger partial charge in [0.25, 0.3) is 0 Å². The number of aromatic hydroxyl groups is 4. The van der Waals surface area contributed by atoms with Gasteiger partial charge in [-0.05, 0) is 24.3 Å². The summed E-state index contributed by atoms with van der Waals surface area (Å²) in [6.45, 7) is 0. The highest BCUT2D eigenvalue weighted by Gasteiger charge is 2.20. The fraction of sp³-hybridized carbons (Fsp3) is 0. The number of hydrogen-bond donors (Lipinski definition) is 6. The summed E-state index contributed by atoms with van der Waals surface area (Å²) in [4.78, 5) is 32.9. The third-order valence-corrected chi connectivity index (χ3v) is 3.39. The monoisotopic (exact) mass is 357 g/mol. The van der Waals surface area contributed by atoms with Gasteiger partial charge in [-0.1, -0.05) is 0 Å². The summed E-state index contributed by atoms with van der Waals surface area (Å²) < 4.78 is 0. The van der Waals surface area contributed by atoms with Crippen LogP contribution in [0.2, 0.25) is 0 Å². The molecule has 3 aromatic rings. The van der Waals surface area contributed by atoms with Gasteiger partial charge in [-0.15, -0.1) is 0 Å². The van der Waals surface area contributed by atoms with Crippen molar-refractivity contribution < 1.29 is 30.3 Å². The molecule has 0 saturated heterocycles. The first kappa shape index (κ1) is 16.8. The number of aromatic nitrogens is 3. The Labute approximate surface area is 144 Å². The van der Waals surface area contributed by atoms with Gasteiger partial charge in [0.15, 0.2) is 5.82 Å². The normalized spacial score (nSPS) is 10.6. The second kappa shape index (κ2) is 6.09. The lowest BCUT2D eigenvalue weighted by Crippen LogP contribution is -2.14. The number of H-pyrrole nitrogens is 1. The van der Waals surface area contributed by atoms with Crippen LogP contribution in [0.15, 0.2) is 35.1 Å². The van der Waals surface area contributed by atoms with Crippen molar-refractivity contribution >= 4 is 5.97 Å². The Kier molecular flexibility index (Phi) is 3.93. The van der Waals surface area contributed by atoms with Crippen LogP contribution in [0.5, 0.6) is 23.0 Å². The first-order valence-corrected chi connectivity index (χ1v) is 7.06. The van der Waals surface area contributed by atoms with E-state index in [9.17, 15) is 30.0 Å². The summed E-state index contributed by atoms with van der Waals surface area (Å²) in [6, 6.07) is 5.34. The Hall–Kier alpha value is -4.08. The van der Waals surface area contributed by atoms with E-state index < -0.39 is 28.7 Å². The fourth-order valence-electron chi connectivity index (χ4n) is 2.33. The minimum absolute atomic E-state index is 0.106. The maximum absolute atomic E-state index is 11.9. The first-order valence-electron chi connectivity index (χ1n) is 7.06. The SMILES string of the molecule is O=C(O)c1cc(O)cc(-c2nc(-c3cc(O)cc(O)c3)[nH]c(=O)n2)c1O. The topological polar surface area (TPSA) is 177 Å². The first-order chi connectivity index (χ1) is 12.2. The van der Waals surface area contributed by atoms with E-state index in [1.165, 1.54) is 12.1 Å². The largest absolute Gasteiger partial charge is 0.508 e. The van der Waals surface area contributed by atoms with Crippen molar-refractivity contribution in [3.63, 3.8) is 0 Å². The smallest absolute Gasteiger partial charge is 0.348 e. The number of phenolic OH excluding ortho intramolecular Hbond substituents is 3. The molecule has 10 nitrogen and oxygen atoms in total. The lowest BCUT2D eigenvalue weighted by Gasteiger charge is -2.09. The minimum atomic E-state index is -1.50. The van der Waals surface area contributed by atoms with Crippen molar-refractivity contribution in [2.24, 2.45) is 0 Å². The number of hydrogen-bond acceptors (Lipinski definition) is 8. The van der Waals surface area contributed by atoms with E-state index in [0.717, 1.165) is 18.2 Å². The number of carboxylic acid groups (broad SMARTS) is 1. The number of carboxylic acids is 1. The highest BCUT2D eigenvalue weighted by atomic mass is 16.4. The highest BCUT2D eigenvalue weighted by molar-refractivity contribution is 5.94. The van der Waals surface area contributed by atoms with Crippen molar-refractivity contribution in [2.45, 2.75) is 0 Å². The molecule has 0 amide bonds. The van der Waals surface area contributed by atoms with Crippen molar-refractivity contribution in [2.75, 3.05) is 0 Å². The molecule has 0 radical (unpaired) electrons. The van der Waals surface area contributed by atoms with Crippen LogP contribution in [0.3, 0.4) is 0 Å². The molecule has 132 valence electrons. The summed E-state index contributed by atoms with van der Waals surface area (Å²) in [5.74, 6) is -3.74.